The van der Waals surface area contributed by atoms with Crippen molar-refractivity contribution in [1.82, 2.24) is 14.7 Å². The molecule has 14 heteroatoms. The Morgan fingerprint density at radius 2 is 1.60 bits per heavy atom. The summed E-state index contributed by atoms with van der Waals surface area (Å²) in [6.07, 6.45) is -9.84. The highest BCUT2D eigenvalue weighted by Crippen LogP contribution is 2.41. The minimum atomic E-state index is -4.65. The smallest absolute Gasteiger partial charge is 0.425 e. The molecule has 4 rings (SSSR count). The molecule has 1 N–H and O–H groups in total. The summed E-state index contributed by atoms with van der Waals surface area (Å²) in [4.78, 5) is 30.2. The first-order valence-electron chi connectivity index (χ1n) is 13.3. The van der Waals surface area contributed by atoms with E-state index in [1.807, 2.05) is 4.90 Å². The van der Waals surface area contributed by atoms with Gasteiger partial charge in [0.1, 0.15) is 0 Å². The first-order chi connectivity index (χ1) is 18.7. The summed E-state index contributed by atoms with van der Waals surface area (Å²) in [5.41, 5.74) is -0.176. The quantitative estimate of drug-likeness (QED) is 0.499. The third-order valence-electron chi connectivity index (χ3n) is 8.21. The number of hydrogen-bond donors (Lipinski definition) is 1. The second-order valence-electron chi connectivity index (χ2n) is 10.8. The Kier molecular flexibility index (Phi) is 8.79. The molecule has 1 amide bonds. The molecular formula is C26H34F6N4O4. The number of benzene rings is 1. The standard InChI is InChI=1S/C26H34F6N4O4/c1-18(25(27,28)29)40-23(39)35-7-4-24(5-8-35)3-2-6-36(24)16-19-13-20(26(30,31)32)15-21(14-19)34-11-9-33(10-12-34)17-22(37)38/h13-15,18H,2-12,16-17H2,1H3,(H,37,38). The van der Waals surface area contributed by atoms with Gasteiger partial charge in [-0.25, -0.2) is 4.79 Å². The van der Waals surface area contributed by atoms with Crippen LogP contribution >= 0.6 is 0 Å². The fourth-order valence-electron chi connectivity index (χ4n) is 5.89. The van der Waals surface area contributed by atoms with Crippen molar-refractivity contribution in [2.45, 2.75) is 63.1 Å². The SMILES string of the molecule is CC(OC(=O)N1CCC2(CCCN2Cc2cc(N3CCN(CC(=O)O)CC3)cc(C(F)(F)F)c2)CC1)C(F)(F)F. The molecule has 3 aliphatic heterocycles. The number of anilines is 1. The predicted octanol–water partition coefficient (Wildman–Crippen LogP) is 4.43. The van der Waals surface area contributed by atoms with Gasteiger partial charge in [-0.2, -0.15) is 26.3 Å². The van der Waals surface area contributed by atoms with Gasteiger partial charge >= 0.3 is 24.4 Å². The number of carbonyl (C=O) groups is 2. The molecule has 3 heterocycles. The molecule has 0 bridgehead atoms. The summed E-state index contributed by atoms with van der Waals surface area (Å²) in [7, 11) is 0. The predicted molar refractivity (Wildman–Crippen MR) is 133 cm³/mol. The molecule has 0 aliphatic carbocycles. The summed E-state index contributed by atoms with van der Waals surface area (Å²) in [6.45, 7) is 3.66. The van der Waals surface area contributed by atoms with E-state index in [0.29, 0.717) is 56.8 Å². The lowest BCUT2D eigenvalue weighted by molar-refractivity contribution is -0.200. The molecule has 1 aromatic rings. The third kappa shape index (κ3) is 7.12. The number of alkyl halides is 6. The lowest BCUT2D eigenvalue weighted by atomic mass is 9.84. The summed E-state index contributed by atoms with van der Waals surface area (Å²) < 4.78 is 84.5. The molecule has 0 saturated carbocycles. The van der Waals surface area contributed by atoms with Crippen LogP contribution < -0.4 is 4.90 Å². The average Bonchev–Trinajstić information content (AvgIpc) is 3.24. The molecule has 1 aromatic carbocycles. The topological polar surface area (TPSA) is 76.6 Å². The van der Waals surface area contributed by atoms with E-state index in [0.717, 1.165) is 31.9 Å². The van der Waals surface area contributed by atoms with Crippen LogP contribution in [-0.2, 0) is 22.3 Å². The van der Waals surface area contributed by atoms with Crippen molar-refractivity contribution in [3.63, 3.8) is 0 Å². The number of halogens is 6. The number of rotatable bonds is 6. The minimum Gasteiger partial charge on any atom is -0.480 e. The highest BCUT2D eigenvalue weighted by atomic mass is 19.4. The molecular weight excluding hydrogens is 546 g/mol. The maximum atomic E-state index is 13.8. The van der Waals surface area contributed by atoms with Gasteiger partial charge in [0.05, 0.1) is 12.1 Å². The largest absolute Gasteiger partial charge is 0.480 e. The Hall–Kier alpha value is -2.74. The Morgan fingerprint density at radius 1 is 0.950 bits per heavy atom. The van der Waals surface area contributed by atoms with Crippen molar-refractivity contribution in [2.24, 2.45) is 0 Å². The van der Waals surface area contributed by atoms with Crippen LogP contribution in [0.25, 0.3) is 0 Å². The molecule has 8 nitrogen and oxygen atoms in total. The highest BCUT2D eigenvalue weighted by Gasteiger charge is 2.45. The molecule has 0 aromatic heterocycles. The summed E-state index contributed by atoms with van der Waals surface area (Å²) in [6, 6.07) is 4.03. The van der Waals surface area contributed by atoms with E-state index in [1.165, 1.54) is 4.90 Å². The van der Waals surface area contributed by atoms with Gasteiger partial charge in [-0.1, -0.05) is 0 Å². The van der Waals surface area contributed by atoms with Gasteiger partial charge in [0.15, 0.2) is 6.10 Å². The van der Waals surface area contributed by atoms with Gasteiger partial charge in [0.2, 0.25) is 0 Å². The van der Waals surface area contributed by atoms with E-state index in [2.05, 4.69) is 9.64 Å². The number of carboxylic acid groups (broad SMARTS) is 1. The lowest BCUT2D eigenvalue weighted by Gasteiger charge is -2.45. The van der Waals surface area contributed by atoms with Crippen molar-refractivity contribution in [3.8, 4) is 0 Å². The van der Waals surface area contributed by atoms with Gasteiger partial charge in [-0.05, 0) is 62.9 Å². The normalized spacial score (nSPS) is 21.6. The average molecular weight is 581 g/mol. The van der Waals surface area contributed by atoms with Crippen LogP contribution in [0.4, 0.5) is 36.8 Å². The van der Waals surface area contributed by atoms with Crippen LogP contribution in [0.5, 0.6) is 0 Å². The Balaban J connectivity index is 1.45. The second kappa shape index (κ2) is 11.6. The molecule has 3 aliphatic rings. The number of carboxylic acids is 1. The summed E-state index contributed by atoms with van der Waals surface area (Å²) in [5, 5.41) is 9.01. The first-order valence-corrected chi connectivity index (χ1v) is 13.3. The van der Waals surface area contributed by atoms with Crippen molar-refractivity contribution < 1.29 is 45.8 Å². The second-order valence-corrected chi connectivity index (χ2v) is 10.8. The van der Waals surface area contributed by atoms with E-state index < -0.39 is 36.1 Å². The molecule has 3 saturated heterocycles. The van der Waals surface area contributed by atoms with E-state index in [4.69, 9.17) is 5.11 Å². The highest BCUT2D eigenvalue weighted by molar-refractivity contribution is 5.69. The zero-order valence-corrected chi connectivity index (χ0v) is 22.2. The number of amides is 1. The zero-order valence-electron chi connectivity index (χ0n) is 22.2. The minimum absolute atomic E-state index is 0.116. The number of carbonyl (C=O) groups excluding carboxylic acids is 1. The van der Waals surface area contributed by atoms with E-state index >= 15 is 0 Å². The van der Waals surface area contributed by atoms with Gasteiger partial charge in [-0.15, -0.1) is 0 Å². The van der Waals surface area contributed by atoms with Gasteiger partial charge in [-0.3, -0.25) is 14.6 Å². The van der Waals surface area contributed by atoms with E-state index in [1.54, 1.807) is 11.0 Å². The Labute approximate surface area is 228 Å². The molecule has 0 radical (unpaired) electrons. The third-order valence-corrected chi connectivity index (χ3v) is 8.21. The molecule has 1 spiro atoms. The van der Waals surface area contributed by atoms with Crippen LogP contribution in [0.15, 0.2) is 18.2 Å². The van der Waals surface area contributed by atoms with Crippen molar-refractivity contribution in [1.29, 1.82) is 0 Å². The van der Waals surface area contributed by atoms with Crippen LogP contribution in [0.2, 0.25) is 0 Å². The number of piperazine rings is 1. The molecule has 1 unspecified atom stereocenters. The van der Waals surface area contributed by atoms with Crippen LogP contribution in [0, 0.1) is 0 Å². The zero-order chi connectivity index (χ0) is 29.3. The van der Waals surface area contributed by atoms with Crippen molar-refractivity contribution in [2.75, 3.05) is 57.3 Å². The Morgan fingerprint density at radius 3 is 2.17 bits per heavy atom. The number of piperidine rings is 1. The fourth-order valence-corrected chi connectivity index (χ4v) is 5.89. The first kappa shape index (κ1) is 30.2. The lowest BCUT2D eigenvalue weighted by Crippen LogP contribution is -2.53. The van der Waals surface area contributed by atoms with Crippen molar-refractivity contribution in [3.05, 3.63) is 29.3 Å². The van der Waals surface area contributed by atoms with Gasteiger partial charge < -0.3 is 19.6 Å². The van der Waals surface area contributed by atoms with E-state index in [-0.39, 0.29) is 31.7 Å². The summed E-state index contributed by atoms with van der Waals surface area (Å²) >= 11 is 0. The van der Waals surface area contributed by atoms with Crippen LogP contribution in [-0.4, -0.2) is 102 Å². The number of likely N-dealkylation sites (tertiary alicyclic amines) is 2. The Bertz CT molecular complexity index is 1070. The number of aliphatic carboxylic acids is 1. The molecule has 3 fully saturated rings. The van der Waals surface area contributed by atoms with Crippen LogP contribution in [0.1, 0.15) is 43.7 Å². The monoisotopic (exact) mass is 580 g/mol. The number of ether oxygens (including phenoxy) is 1. The summed E-state index contributed by atoms with van der Waals surface area (Å²) in [5.74, 6) is -0.951. The van der Waals surface area contributed by atoms with Gasteiger partial charge in [0.25, 0.3) is 0 Å². The maximum Gasteiger partial charge on any atom is 0.425 e. The molecule has 224 valence electrons. The van der Waals surface area contributed by atoms with Gasteiger partial charge in [0, 0.05) is 57.0 Å². The molecule has 40 heavy (non-hydrogen) atoms. The molecule has 1 atom stereocenters. The maximum absolute atomic E-state index is 13.8. The number of hydrogen-bond acceptors (Lipinski definition) is 6. The number of nitrogens with zero attached hydrogens (tertiary/aromatic N) is 4. The van der Waals surface area contributed by atoms with E-state index in [9.17, 15) is 35.9 Å². The van der Waals surface area contributed by atoms with Crippen LogP contribution in [0.3, 0.4) is 0 Å². The van der Waals surface area contributed by atoms with Crippen molar-refractivity contribution >= 4 is 17.7 Å². The fraction of sp³-hybridized carbons (Fsp3) is 0.692.